The summed E-state index contributed by atoms with van der Waals surface area (Å²) in [6, 6.07) is 7.96. The molecule has 0 bridgehead atoms. The van der Waals surface area contributed by atoms with Crippen LogP contribution in [0.1, 0.15) is 25.2 Å². The number of hydrogen-bond acceptors (Lipinski definition) is 3. The number of amides is 1. The fourth-order valence-corrected chi connectivity index (χ4v) is 2.29. The van der Waals surface area contributed by atoms with Crippen molar-refractivity contribution in [2.24, 2.45) is 5.92 Å². The quantitative estimate of drug-likeness (QED) is 0.824. The summed E-state index contributed by atoms with van der Waals surface area (Å²) in [5.41, 5.74) is 1.16. The van der Waals surface area contributed by atoms with Gasteiger partial charge in [-0.15, -0.1) is 0 Å². The van der Waals surface area contributed by atoms with Gasteiger partial charge < -0.3 is 14.2 Å². The molecule has 22 heavy (non-hydrogen) atoms. The molecule has 0 aliphatic heterocycles. The number of nitrogens with zero attached hydrogens (tertiary/aromatic N) is 3. The van der Waals surface area contributed by atoms with E-state index in [9.17, 15) is 4.79 Å². The third-order valence-electron chi connectivity index (χ3n) is 3.56. The molecule has 0 unspecified atom stereocenters. The van der Waals surface area contributed by atoms with E-state index >= 15 is 0 Å². The predicted octanol–water partition coefficient (Wildman–Crippen LogP) is 2.55. The number of carbonyl (C=O) groups excluding carboxylic acids is 1. The molecule has 0 radical (unpaired) electrons. The van der Waals surface area contributed by atoms with Crippen LogP contribution in [-0.2, 0) is 17.9 Å². The van der Waals surface area contributed by atoms with Crippen LogP contribution in [0.2, 0.25) is 0 Å². The van der Waals surface area contributed by atoms with Gasteiger partial charge >= 0.3 is 0 Å². The highest BCUT2D eigenvalue weighted by Crippen LogP contribution is 2.14. The van der Waals surface area contributed by atoms with Gasteiger partial charge in [0.25, 0.3) is 0 Å². The summed E-state index contributed by atoms with van der Waals surface area (Å²) in [4.78, 5) is 18.1. The Balaban J connectivity index is 2.07. The van der Waals surface area contributed by atoms with E-state index in [1.807, 2.05) is 51.4 Å². The molecule has 0 fully saturated rings. The Kier molecular flexibility index (Phi) is 5.20. The molecule has 1 aromatic carbocycles. The van der Waals surface area contributed by atoms with Crippen molar-refractivity contribution in [1.82, 2.24) is 14.5 Å². The highest BCUT2D eigenvalue weighted by atomic mass is 16.5. The number of rotatable bonds is 6. The van der Waals surface area contributed by atoms with Crippen molar-refractivity contribution in [3.8, 4) is 5.75 Å². The Labute approximate surface area is 131 Å². The summed E-state index contributed by atoms with van der Waals surface area (Å²) in [5, 5.41) is 0. The van der Waals surface area contributed by atoms with Crippen LogP contribution in [0.15, 0.2) is 36.7 Å². The van der Waals surface area contributed by atoms with Crippen molar-refractivity contribution in [2.45, 2.75) is 26.9 Å². The second kappa shape index (κ2) is 7.11. The lowest BCUT2D eigenvalue weighted by Gasteiger charge is -2.19. The van der Waals surface area contributed by atoms with Crippen LogP contribution in [0, 0.1) is 5.92 Å². The Bertz CT molecular complexity index is 617. The molecule has 5 heteroatoms. The zero-order chi connectivity index (χ0) is 16.1. The average molecular weight is 301 g/mol. The van der Waals surface area contributed by atoms with E-state index in [-0.39, 0.29) is 11.8 Å². The number of imidazole rings is 1. The van der Waals surface area contributed by atoms with Gasteiger partial charge in [0, 0.05) is 31.9 Å². The molecule has 118 valence electrons. The van der Waals surface area contributed by atoms with Crippen LogP contribution in [-0.4, -0.2) is 34.5 Å². The number of ether oxygens (including phenoxy) is 1. The SMILES string of the molecule is COc1ccc(Cn2ccnc2CN(C)C(=O)C(C)C)cc1. The summed E-state index contributed by atoms with van der Waals surface area (Å²) >= 11 is 0. The molecule has 0 spiro atoms. The topological polar surface area (TPSA) is 47.4 Å². The number of benzene rings is 1. The summed E-state index contributed by atoms with van der Waals surface area (Å²) in [5.74, 6) is 1.85. The molecular formula is C17H23N3O2. The second-order valence-electron chi connectivity index (χ2n) is 5.67. The van der Waals surface area contributed by atoms with Crippen molar-refractivity contribution in [2.75, 3.05) is 14.2 Å². The highest BCUT2D eigenvalue weighted by molar-refractivity contribution is 5.77. The van der Waals surface area contributed by atoms with Gasteiger partial charge in [-0.2, -0.15) is 0 Å². The first kappa shape index (κ1) is 16.1. The summed E-state index contributed by atoms with van der Waals surface area (Å²) in [7, 11) is 3.47. The van der Waals surface area contributed by atoms with E-state index in [1.54, 1.807) is 18.2 Å². The molecule has 0 aliphatic carbocycles. The van der Waals surface area contributed by atoms with Gasteiger partial charge in [0.1, 0.15) is 11.6 Å². The third-order valence-corrected chi connectivity index (χ3v) is 3.56. The van der Waals surface area contributed by atoms with Crippen LogP contribution >= 0.6 is 0 Å². The van der Waals surface area contributed by atoms with Gasteiger partial charge in [-0.25, -0.2) is 4.98 Å². The molecule has 5 nitrogen and oxygen atoms in total. The predicted molar refractivity (Wildman–Crippen MR) is 85.6 cm³/mol. The van der Waals surface area contributed by atoms with Gasteiger partial charge in [0.05, 0.1) is 13.7 Å². The Morgan fingerprint density at radius 2 is 2.00 bits per heavy atom. The maximum absolute atomic E-state index is 12.0. The van der Waals surface area contributed by atoms with Crippen LogP contribution in [0.25, 0.3) is 0 Å². The number of hydrogen-bond donors (Lipinski definition) is 0. The van der Waals surface area contributed by atoms with E-state index in [0.29, 0.717) is 6.54 Å². The van der Waals surface area contributed by atoms with Crippen LogP contribution in [0.3, 0.4) is 0 Å². The lowest BCUT2D eigenvalue weighted by atomic mass is 10.2. The molecule has 0 saturated heterocycles. The fourth-order valence-electron chi connectivity index (χ4n) is 2.29. The lowest BCUT2D eigenvalue weighted by Crippen LogP contribution is -2.31. The molecule has 1 heterocycles. The molecule has 1 amide bonds. The second-order valence-corrected chi connectivity index (χ2v) is 5.67. The average Bonchev–Trinajstić information content (AvgIpc) is 2.94. The highest BCUT2D eigenvalue weighted by Gasteiger charge is 2.15. The minimum absolute atomic E-state index is 0.00463. The van der Waals surface area contributed by atoms with Gasteiger partial charge in [0.15, 0.2) is 0 Å². The van der Waals surface area contributed by atoms with Gasteiger partial charge in [0.2, 0.25) is 5.91 Å². The van der Waals surface area contributed by atoms with Gasteiger partial charge in [-0.3, -0.25) is 4.79 Å². The standard InChI is InChI=1S/C17H23N3O2/c1-13(2)17(21)19(3)12-16-18-9-10-20(16)11-14-5-7-15(22-4)8-6-14/h5-10,13H,11-12H2,1-4H3. The minimum Gasteiger partial charge on any atom is -0.497 e. The first-order chi connectivity index (χ1) is 10.5. The summed E-state index contributed by atoms with van der Waals surface area (Å²) in [6.45, 7) is 5.05. The largest absolute Gasteiger partial charge is 0.497 e. The maximum atomic E-state index is 12.0. The van der Waals surface area contributed by atoms with Gasteiger partial charge in [-0.1, -0.05) is 26.0 Å². The fraction of sp³-hybridized carbons (Fsp3) is 0.412. The smallest absolute Gasteiger partial charge is 0.225 e. The first-order valence-electron chi connectivity index (χ1n) is 7.39. The number of aromatic nitrogens is 2. The summed E-state index contributed by atoms with van der Waals surface area (Å²) in [6.07, 6.45) is 3.71. The van der Waals surface area contributed by atoms with E-state index in [4.69, 9.17) is 4.74 Å². The van der Waals surface area contributed by atoms with Crippen LogP contribution in [0.5, 0.6) is 5.75 Å². The first-order valence-corrected chi connectivity index (χ1v) is 7.39. The van der Waals surface area contributed by atoms with Crippen LogP contribution < -0.4 is 4.74 Å². The molecule has 2 aromatic rings. The molecule has 0 aliphatic rings. The molecule has 1 aromatic heterocycles. The Morgan fingerprint density at radius 3 is 2.59 bits per heavy atom. The van der Waals surface area contributed by atoms with Gasteiger partial charge in [-0.05, 0) is 17.7 Å². The molecule has 0 N–H and O–H groups in total. The van der Waals surface area contributed by atoms with Crippen LogP contribution in [0.4, 0.5) is 0 Å². The summed E-state index contributed by atoms with van der Waals surface area (Å²) < 4.78 is 7.23. The maximum Gasteiger partial charge on any atom is 0.225 e. The molecule has 0 atom stereocenters. The van der Waals surface area contributed by atoms with Crippen molar-refractivity contribution in [3.63, 3.8) is 0 Å². The van der Waals surface area contributed by atoms with Crippen molar-refractivity contribution < 1.29 is 9.53 Å². The van der Waals surface area contributed by atoms with Crippen molar-refractivity contribution >= 4 is 5.91 Å². The minimum atomic E-state index is -0.00463. The molecule has 0 saturated carbocycles. The van der Waals surface area contributed by atoms with E-state index in [0.717, 1.165) is 23.7 Å². The van der Waals surface area contributed by atoms with E-state index in [2.05, 4.69) is 9.55 Å². The number of carbonyl (C=O) groups is 1. The zero-order valence-electron chi connectivity index (χ0n) is 13.6. The Morgan fingerprint density at radius 1 is 1.32 bits per heavy atom. The zero-order valence-corrected chi connectivity index (χ0v) is 13.6. The normalized spacial score (nSPS) is 10.8. The number of methoxy groups -OCH3 is 1. The Hall–Kier alpha value is -2.30. The van der Waals surface area contributed by atoms with Crippen molar-refractivity contribution in [1.29, 1.82) is 0 Å². The molecular weight excluding hydrogens is 278 g/mol. The molecule has 2 rings (SSSR count). The van der Waals surface area contributed by atoms with E-state index < -0.39 is 0 Å². The van der Waals surface area contributed by atoms with E-state index in [1.165, 1.54) is 0 Å². The monoisotopic (exact) mass is 301 g/mol. The lowest BCUT2D eigenvalue weighted by molar-refractivity contribution is -0.133. The van der Waals surface area contributed by atoms with Crippen molar-refractivity contribution in [3.05, 3.63) is 48.0 Å². The third kappa shape index (κ3) is 3.87.